The first-order valence-electron chi connectivity index (χ1n) is 9.17. The lowest BCUT2D eigenvalue weighted by Gasteiger charge is -2.37. The molecule has 1 amide bonds. The number of fused-ring (bicyclic) bond motifs is 2. The van der Waals surface area contributed by atoms with Crippen molar-refractivity contribution < 1.29 is 19.1 Å². The van der Waals surface area contributed by atoms with Crippen molar-refractivity contribution in [1.29, 1.82) is 0 Å². The third-order valence-electron chi connectivity index (χ3n) is 5.63. The molecule has 1 N–H and O–H groups in total. The summed E-state index contributed by atoms with van der Waals surface area (Å²) in [6, 6.07) is 3.46. The van der Waals surface area contributed by atoms with E-state index < -0.39 is 0 Å². The summed E-state index contributed by atoms with van der Waals surface area (Å²) in [6.45, 7) is 0. The third-order valence-corrected chi connectivity index (χ3v) is 5.93. The van der Waals surface area contributed by atoms with Crippen LogP contribution in [0.25, 0.3) is 11.3 Å². The minimum absolute atomic E-state index is 0.0418. The fourth-order valence-corrected chi connectivity index (χ4v) is 4.51. The van der Waals surface area contributed by atoms with E-state index in [-0.39, 0.29) is 29.9 Å². The van der Waals surface area contributed by atoms with Crippen LogP contribution in [0.3, 0.4) is 0 Å². The van der Waals surface area contributed by atoms with E-state index in [0.29, 0.717) is 40.7 Å². The highest BCUT2D eigenvalue weighted by molar-refractivity contribution is 6.33. The van der Waals surface area contributed by atoms with E-state index in [2.05, 4.69) is 15.2 Å². The smallest absolute Gasteiger partial charge is 0.308 e. The first-order chi connectivity index (χ1) is 13.5. The Morgan fingerprint density at radius 2 is 1.93 bits per heavy atom. The minimum Gasteiger partial charge on any atom is -0.481 e. The molecule has 4 rings (SSSR count). The van der Waals surface area contributed by atoms with Crippen molar-refractivity contribution in [3.63, 3.8) is 0 Å². The minimum atomic E-state index is -0.188. The van der Waals surface area contributed by atoms with Gasteiger partial charge in [-0.1, -0.05) is 11.6 Å². The molecule has 8 nitrogen and oxygen atoms in total. The number of amides is 1. The summed E-state index contributed by atoms with van der Waals surface area (Å²) < 4.78 is 10.0. The van der Waals surface area contributed by atoms with Crippen LogP contribution in [0, 0.1) is 5.92 Å². The number of ether oxygens (including phenoxy) is 2. The van der Waals surface area contributed by atoms with Crippen LogP contribution >= 0.6 is 11.6 Å². The van der Waals surface area contributed by atoms with E-state index in [0.717, 1.165) is 12.8 Å². The molecule has 0 unspecified atom stereocenters. The second-order valence-corrected chi connectivity index (χ2v) is 7.57. The Morgan fingerprint density at radius 3 is 2.57 bits per heavy atom. The van der Waals surface area contributed by atoms with Crippen LogP contribution in [0.2, 0.25) is 5.02 Å². The molecule has 0 aromatic carbocycles. The highest BCUT2D eigenvalue weighted by atomic mass is 35.5. The van der Waals surface area contributed by atoms with Crippen molar-refractivity contribution in [2.24, 2.45) is 5.92 Å². The molecule has 148 valence electrons. The lowest BCUT2D eigenvalue weighted by molar-refractivity contribution is -0.147. The summed E-state index contributed by atoms with van der Waals surface area (Å²) in [5, 5.41) is 7.52. The number of aromatic nitrogens is 3. The molecule has 0 spiro atoms. The number of hydrogen-bond acceptors (Lipinski definition) is 6. The van der Waals surface area contributed by atoms with Crippen LogP contribution in [-0.4, -0.2) is 58.3 Å². The van der Waals surface area contributed by atoms with Gasteiger partial charge in [0.2, 0.25) is 5.88 Å². The Kier molecular flexibility index (Phi) is 4.97. The second-order valence-electron chi connectivity index (χ2n) is 7.16. The second kappa shape index (κ2) is 7.43. The molecule has 4 heterocycles. The van der Waals surface area contributed by atoms with E-state index in [9.17, 15) is 9.59 Å². The SMILES string of the molecule is COC(=O)[C@@H]1C[C@H]2CC[C@@H](C1)N2C(=O)c1cc(-c2cc(OC)ncc2Cl)[nH]n1. The summed E-state index contributed by atoms with van der Waals surface area (Å²) >= 11 is 6.24. The monoisotopic (exact) mass is 404 g/mol. The van der Waals surface area contributed by atoms with Gasteiger partial charge >= 0.3 is 5.97 Å². The number of piperidine rings is 1. The molecule has 2 aliphatic heterocycles. The van der Waals surface area contributed by atoms with Gasteiger partial charge in [-0.25, -0.2) is 4.98 Å². The van der Waals surface area contributed by atoms with E-state index in [1.807, 2.05) is 4.90 Å². The van der Waals surface area contributed by atoms with Gasteiger partial charge < -0.3 is 14.4 Å². The van der Waals surface area contributed by atoms with Crippen molar-refractivity contribution in [3.8, 4) is 17.1 Å². The molecule has 2 saturated heterocycles. The van der Waals surface area contributed by atoms with Crippen LogP contribution in [0.15, 0.2) is 18.3 Å². The van der Waals surface area contributed by atoms with Gasteiger partial charge in [0.1, 0.15) is 0 Å². The molecule has 0 saturated carbocycles. The van der Waals surface area contributed by atoms with Gasteiger partial charge in [-0.3, -0.25) is 14.7 Å². The highest BCUT2D eigenvalue weighted by Gasteiger charge is 2.46. The zero-order valence-corrected chi connectivity index (χ0v) is 16.4. The van der Waals surface area contributed by atoms with Crippen LogP contribution in [0.4, 0.5) is 0 Å². The van der Waals surface area contributed by atoms with Crippen molar-refractivity contribution >= 4 is 23.5 Å². The molecule has 0 aliphatic carbocycles. The highest BCUT2D eigenvalue weighted by Crippen LogP contribution is 2.40. The van der Waals surface area contributed by atoms with Gasteiger partial charge in [0.05, 0.1) is 37.1 Å². The normalized spacial score (nSPS) is 23.5. The number of rotatable bonds is 4. The number of halogens is 1. The quantitative estimate of drug-likeness (QED) is 0.787. The van der Waals surface area contributed by atoms with Gasteiger partial charge in [-0.2, -0.15) is 5.10 Å². The zero-order valence-electron chi connectivity index (χ0n) is 15.6. The van der Waals surface area contributed by atoms with E-state index >= 15 is 0 Å². The largest absolute Gasteiger partial charge is 0.481 e. The summed E-state index contributed by atoms with van der Waals surface area (Å²) in [5.74, 6) is -0.0306. The van der Waals surface area contributed by atoms with Crippen molar-refractivity contribution in [3.05, 3.63) is 29.0 Å². The van der Waals surface area contributed by atoms with Crippen LogP contribution in [-0.2, 0) is 9.53 Å². The molecule has 2 bridgehead atoms. The average molecular weight is 405 g/mol. The summed E-state index contributed by atoms with van der Waals surface area (Å²) in [5.41, 5.74) is 1.61. The Balaban J connectivity index is 1.55. The molecular weight excluding hydrogens is 384 g/mol. The van der Waals surface area contributed by atoms with Crippen molar-refractivity contribution in [1.82, 2.24) is 20.1 Å². The predicted molar refractivity (Wildman–Crippen MR) is 101 cm³/mol. The van der Waals surface area contributed by atoms with Gasteiger partial charge in [-0.05, 0) is 31.7 Å². The molecule has 2 aromatic rings. The molecule has 0 radical (unpaired) electrons. The maximum Gasteiger partial charge on any atom is 0.308 e. The van der Waals surface area contributed by atoms with Crippen molar-refractivity contribution in [2.45, 2.75) is 37.8 Å². The first-order valence-corrected chi connectivity index (χ1v) is 9.55. The lowest BCUT2D eigenvalue weighted by atomic mass is 9.90. The molecule has 2 aliphatic rings. The number of nitrogens with one attached hydrogen (secondary N) is 1. The lowest BCUT2D eigenvalue weighted by Crippen LogP contribution is -2.48. The van der Waals surface area contributed by atoms with E-state index in [1.54, 1.807) is 12.1 Å². The number of pyridine rings is 1. The zero-order chi connectivity index (χ0) is 19.8. The summed E-state index contributed by atoms with van der Waals surface area (Å²) in [6.07, 6.45) is 4.57. The molecule has 3 atom stereocenters. The molecule has 2 fully saturated rings. The van der Waals surface area contributed by atoms with Gasteiger partial charge in [0, 0.05) is 23.7 Å². The maximum absolute atomic E-state index is 13.1. The number of aromatic amines is 1. The standard InChI is InChI=1S/C19H21ClN4O4/c1-27-17-7-13(14(20)9-21-17)15-8-16(23-22-15)18(25)24-11-3-4-12(24)6-10(5-11)19(26)28-2/h7-12H,3-6H2,1-2H3,(H,22,23)/t10-,11-,12+. The molecule has 9 heteroatoms. The first kappa shape index (κ1) is 18.7. The Hall–Kier alpha value is -2.61. The topological polar surface area (TPSA) is 97.4 Å². The maximum atomic E-state index is 13.1. The fraction of sp³-hybridized carbons (Fsp3) is 0.474. The van der Waals surface area contributed by atoms with Gasteiger partial charge in [-0.15, -0.1) is 0 Å². The summed E-state index contributed by atoms with van der Waals surface area (Å²) in [4.78, 5) is 31.0. The van der Waals surface area contributed by atoms with E-state index in [1.165, 1.54) is 20.4 Å². The number of carbonyl (C=O) groups is 2. The number of nitrogens with zero attached hydrogens (tertiary/aromatic N) is 3. The molecule has 28 heavy (non-hydrogen) atoms. The Morgan fingerprint density at radius 1 is 1.21 bits per heavy atom. The molecular formula is C19H21ClN4O4. The Labute approximate surface area is 167 Å². The number of H-pyrrole nitrogens is 1. The van der Waals surface area contributed by atoms with Gasteiger partial charge in [0.25, 0.3) is 5.91 Å². The van der Waals surface area contributed by atoms with Crippen LogP contribution < -0.4 is 4.74 Å². The fourth-order valence-electron chi connectivity index (χ4n) is 4.31. The number of hydrogen-bond donors (Lipinski definition) is 1. The molecule has 2 aromatic heterocycles. The number of carbonyl (C=O) groups excluding carboxylic acids is 2. The number of methoxy groups -OCH3 is 2. The third kappa shape index (κ3) is 3.22. The number of esters is 1. The van der Waals surface area contributed by atoms with Crippen LogP contribution in [0.1, 0.15) is 36.2 Å². The predicted octanol–water partition coefficient (Wildman–Crippen LogP) is 2.69. The van der Waals surface area contributed by atoms with Gasteiger partial charge in [0.15, 0.2) is 5.69 Å². The average Bonchev–Trinajstić information content (AvgIpc) is 3.30. The Bertz CT molecular complexity index is 901. The van der Waals surface area contributed by atoms with Crippen molar-refractivity contribution in [2.75, 3.05) is 14.2 Å². The van der Waals surface area contributed by atoms with E-state index in [4.69, 9.17) is 21.1 Å². The van der Waals surface area contributed by atoms with Crippen LogP contribution in [0.5, 0.6) is 5.88 Å². The summed E-state index contributed by atoms with van der Waals surface area (Å²) in [7, 11) is 2.93.